The van der Waals surface area contributed by atoms with Crippen LogP contribution < -0.4 is 15.9 Å². The summed E-state index contributed by atoms with van der Waals surface area (Å²) < 4.78 is 6.88. The van der Waals surface area contributed by atoms with Gasteiger partial charge in [-0.25, -0.2) is 4.68 Å². The first-order valence-corrected chi connectivity index (χ1v) is 9.91. The van der Waals surface area contributed by atoms with E-state index in [0.29, 0.717) is 39.6 Å². The first kappa shape index (κ1) is 20.0. The fourth-order valence-electron chi connectivity index (χ4n) is 2.48. The standard InChI is InChI=1S/C19H20ClN5O2S/c1-3-27-16-11-7-6-10-15(16)22-18(26)12(2)28-19-24-23-17(25(19)21)13-8-4-5-9-14(13)20/h4-12H,3,21H2,1-2H3,(H,22,26)/t12-/m1/s1. The van der Waals surface area contributed by atoms with Crippen molar-refractivity contribution in [2.24, 2.45) is 0 Å². The lowest BCUT2D eigenvalue weighted by molar-refractivity contribution is -0.115. The van der Waals surface area contributed by atoms with Crippen molar-refractivity contribution in [3.8, 4) is 17.1 Å². The Bertz CT molecular complexity index is 978. The number of amides is 1. The number of carbonyl (C=O) groups excluding carboxylic acids is 1. The minimum Gasteiger partial charge on any atom is -0.492 e. The molecule has 7 nitrogen and oxygen atoms in total. The van der Waals surface area contributed by atoms with Crippen molar-refractivity contribution in [3.05, 3.63) is 53.6 Å². The van der Waals surface area contributed by atoms with E-state index in [4.69, 9.17) is 22.2 Å². The van der Waals surface area contributed by atoms with Crippen molar-refractivity contribution in [1.82, 2.24) is 14.9 Å². The van der Waals surface area contributed by atoms with E-state index in [0.717, 1.165) is 0 Å². The SMILES string of the molecule is CCOc1ccccc1NC(=O)[C@@H](C)Sc1nnc(-c2ccccc2Cl)n1N. The topological polar surface area (TPSA) is 95.1 Å². The molecule has 0 spiro atoms. The number of nitrogen functional groups attached to an aromatic ring is 1. The molecule has 9 heteroatoms. The molecule has 1 aromatic heterocycles. The Labute approximate surface area is 172 Å². The van der Waals surface area contributed by atoms with Crippen LogP contribution in [0.2, 0.25) is 5.02 Å². The van der Waals surface area contributed by atoms with E-state index in [1.54, 1.807) is 19.1 Å². The van der Waals surface area contributed by atoms with E-state index in [9.17, 15) is 4.79 Å². The highest BCUT2D eigenvalue weighted by Crippen LogP contribution is 2.30. The molecule has 1 amide bonds. The summed E-state index contributed by atoms with van der Waals surface area (Å²) in [5, 5.41) is 11.6. The van der Waals surface area contributed by atoms with Crippen LogP contribution in [0.25, 0.3) is 11.4 Å². The molecule has 0 unspecified atom stereocenters. The highest BCUT2D eigenvalue weighted by atomic mass is 35.5. The van der Waals surface area contributed by atoms with Gasteiger partial charge >= 0.3 is 0 Å². The lowest BCUT2D eigenvalue weighted by atomic mass is 10.2. The molecule has 28 heavy (non-hydrogen) atoms. The second-order valence-electron chi connectivity index (χ2n) is 5.83. The molecule has 3 rings (SSSR count). The van der Waals surface area contributed by atoms with Crippen molar-refractivity contribution in [3.63, 3.8) is 0 Å². The third kappa shape index (κ3) is 4.40. The number of nitrogens with two attached hydrogens (primary N) is 1. The summed E-state index contributed by atoms with van der Waals surface area (Å²) in [4.78, 5) is 12.6. The number of carbonyl (C=O) groups is 1. The fourth-order valence-corrected chi connectivity index (χ4v) is 3.47. The van der Waals surface area contributed by atoms with E-state index in [1.807, 2.05) is 43.3 Å². The van der Waals surface area contributed by atoms with Crippen LogP contribution in [-0.2, 0) is 4.79 Å². The smallest absolute Gasteiger partial charge is 0.237 e. The van der Waals surface area contributed by atoms with E-state index in [2.05, 4.69) is 15.5 Å². The molecule has 1 atom stereocenters. The van der Waals surface area contributed by atoms with Gasteiger partial charge in [0.05, 0.1) is 22.6 Å². The Hall–Kier alpha value is -2.71. The van der Waals surface area contributed by atoms with Crippen LogP contribution in [0.3, 0.4) is 0 Å². The second kappa shape index (κ2) is 8.99. The van der Waals surface area contributed by atoms with Crippen LogP contribution in [0, 0.1) is 0 Å². The molecule has 0 radical (unpaired) electrons. The predicted octanol–water partition coefficient (Wildman–Crippen LogP) is 3.83. The van der Waals surface area contributed by atoms with Gasteiger partial charge in [0.1, 0.15) is 5.75 Å². The van der Waals surface area contributed by atoms with Gasteiger partial charge in [-0.1, -0.05) is 47.6 Å². The number of ether oxygens (including phenoxy) is 1. The lowest BCUT2D eigenvalue weighted by Crippen LogP contribution is -2.24. The molecule has 0 aliphatic carbocycles. The van der Waals surface area contributed by atoms with Gasteiger partial charge in [-0.2, -0.15) is 0 Å². The summed E-state index contributed by atoms with van der Waals surface area (Å²) >= 11 is 7.41. The summed E-state index contributed by atoms with van der Waals surface area (Å²) in [5.74, 6) is 6.99. The first-order chi connectivity index (χ1) is 13.5. The van der Waals surface area contributed by atoms with Crippen LogP contribution in [-0.4, -0.2) is 32.6 Å². The van der Waals surface area contributed by atoms with Gasteiger partial charge in [0, 0.05) is 5.56 Å². The highest BCUT2D eigenvalue weighted by molar-refractivity contribution is 8.00. The zero-order valence-corrected chi connectivity index (χ0v) is 17.0. The summed E-state index contributed by atoms with van der Waals surface area (Å²) in [6.07, 6.45) is 0. The third-order valence-electron chi connectivity index (χ3n) is 3.88. The molecule has 3 N–H and O–H groups in total. The monoisotopic (exact) mass is 417 g/mol. The maximum absolute atomic E-state index is 12.6. The number of nitrogens with one attached hydrogen (secondary N) is 1. The largest absolute Gasteiger partial charge is 0.492 e. The number of thioether (sulfide) groups is 1. The molecular weight excluding hydrogens is 398 g/mol. The molecular formula is C19H20ClN5O2S. The van der Waals surface area contributed by atoms with Crippen molar-refractivity contribution in [2.45, 2.75) is 24.3 Å². The molecule has 0 saturated carbocycles. The Morgan fingerprint density at radius 2 is 1.96 bits per heavy atom. The van der Waals surface area contributed by atoms with E-state index in [1.165, 1.54) is 16.4 Å². The normalized spacial score (nSPS) is 11.8. The Morgan fingerprint density at radius 3 is 2.71 bits per heavy atom. The molecule has 146 valence electrons. The number of hydrogen-bond donors (Lipinski definition) is 2. The van der Waals surface area contributed by atoms with Crippen molar-refractivity contribution >= 4 is 35.0 Å². The van der Waals surface area contributed by atoms with Crippen LogP contribution in [0.4, 0.5) is 5.69 Å². The average Bonchev–Trinajstić information content (AvgIpc) is 3.04. The molecule has 2 aromatic carbocycles. The van der Waals surface area contributed by atoms with Gasteiger partial charge < -0.3 is 15.9 Å². The molecule has 0 aliphatic rings. The third-order valence-corrected chi connectivity index (χ3v) is 5.26. The van der Waals surface area contributed by atoms with Crippen LogP contribution in [0.1, 0.15) is 13.8 Å². The lowest BCUT2D eigenvalue weighted by Gasteiger charge is -2.14. The maximum atomic E-state index is 12.6. The van der Waals surface area contributed by atoms with Gasteiger partial charge in [-0.05, 0) is 38.1 Å². The quantitative estimate of drug-likeness (QED) is 0.448. The summed E-state index contributed by atoms with van der Waals surface area (Å²) in [5.41, 5.74) is 1.29. The van der Waals surface area contributed by atoms with Gasteiger partial charge in [-0.15, -0.1) is 10.2 Å². The van der Waals surface area contributed by atoms with Gasteiger partial charge in [0.2, 0.25) is 11.1 Å². The molecule has 0 saturated heterocycles. The molecule has 3 aromatic rings. The number of halogens is 1. The molecule has 0 fully saturated rings. The summed E-state index contributed by atoms with van der Waals surface area (Å²) in [7, 11) is 0. The summed E-state index contributed by atoms with van der Waals surface area (Å²) in [6, 6.07) is 14.5. The van der Waals surface area contributed by atoms with Crippen LogP contribution >= 0.6 is 23.4 Å². The zero-order valence-electron chi connectivity index (χ0n) is 15.4. The van der Waals surface area contributed by atoms with E-state index < -0.39 is 5.25 Å². The minimum absolute atomic E-state index is 0.195. The van der Waals surface area contributed by atoms with Crippen LogP contribution in [0.5, 0.6) is 5.75 Å². The number of benzene rings is 2. The number of rotatable bonds is 7. The molecule has 0 aliphatic heterocycles. The second-order valence-corrected chi connectivity index (χ2v) is 7.55. The number of para-hydroxylation sites is 2. The Morgan fingerprint density at radius 1 is 1.25 bits per heavy atom. The van der Waals surface area contributed by atoms with E-state index >= 15 is 0 Å². The van der Waals surface area contributed by atoms with E-state index in [-0.39, 0.29) is 5.91 Å². The number of anilines is 1. The molecule has 1 heterocycles. The summed E-state index contributed by atoms with van der Waals surface area (Å²) in [6.45, 7) is 4.17. The zero-order chi connectivity index (χ0) is 20.1. The van der Waals surface area contributed by atoms with Gasteiger partial charge in [-0.3, -0.25) is 4.79 Å². The number of aromatic nitrogens is 3. The number of nitrogens with zero attached hydrogens (tertiary/aromatic N) is 3. The fraction of sp³-hybridized carbons (Fsp3) is 0.211. The van der Waals surface area contributed by atoms with Crippen molar-refractivity contribution < 1.29 is 9.53 Å². The highest BCUT2D eigenvalue weighted by Gasteiger charge is 2.21. The van der Waals surface area contributed by atoms with Crippen molar-refractivity contribution in [1.29, 1.82) is 0 Å². The molecule has 0 bridgehead atoms. The van der Waals surface area contributed by atoms with Crippen LogP contribution in [0.15, 0.2) is 53.7 Å². The van der Waals surface area contributed by atoms with Crippen molar-refractivity contribution in [2.75, 3.05) is 17.8 Å². The predicted molar refractivity (Wildman–Crippen MR) is 112 cm³/mol. The van der Waals surface area contributed by atoms with Gasteiger partial charge in [0.25, 0.3) is 0 Å². The van der Waals surface area contributed by atoms with Gasteiger partial charge in [0.15, 0.2) is 5.82 Å². The first-order valence-electron chi connectivity index (χ1n) is 8.66. The average molecular weight is 418 g/mol. The Kier molecular flexibility index (Phi) is 6.43. The Balaban J connectivity index is 1.72. The maximum Gasteiger partial charge on any atom is 0.237 e. The minimum atomic E-state index is -0.458. The number of hydrogen-bond acceptors (Lipinski definition) is 6.